The topological polar surface area (TPSA) is 41.1 Å². The maximum absolute atomic E-state index is 11.6. The van der Waals surface area contributed by atoms with Gasteiger partial charge in [-0.2, -0.15) is 0 Å². The van der Waals surface area contributed by atoms with E-state index in [-0.39, 0.29) is 6.03 Å². The Morgan fingerprint density at radius 2 is 2.06 bits per heavy atom. The standard InChI is InChI=1S/C13H26N2O/c1-4-5-9-14-13(16)15-12-8-6-7-10(2)11(12)3/h10-12H,4-9H2,1-3H3,(H2,14,15,16). The minimum Gasteiger partial charge on any atom is -0.338 e. The van der Waals surface area contributed by atoms with Crippen LogP contribution in [-0.4, -0.2) is 18.6 Å². The van der Waals surface area contributed by atoms with Gasteiger partial charge in [0.15, 0.2) is 0 Å². The molecule has 0 spiro atoms. The van der Waals surface area contributed by atoms with Crippen molar-refractivity contribution in [1.29, 1.82) is 0 Å². The monoisotopic (exact) mass is 226 g/mol. The van der Waals surface area contributed by atoms with Crippen molar-refractivity contribution in [3.63, 3.8) is 0 Å². The quantitative estimate of drug-likeness (QED) is 0.711. The Bertz CT molecular complexity index is 218. The summed E-state index contributed by atoms with van der Waals surface area (Å²) in [6.45, 7) is 7.46. The molecular weight excluding hydrogens is 200 g/mol. The van der Waals surface area contributed by atoms with Gasteiger partial charge in [0.05, 0.1) is 0 Å². The molecular formula is C13H26N2O. The van der Waals surface area contributed by atoms with Crippen LogP contribution < -0.4 is 10.6 Å². The van der Waals surface area contributed by atoms with Crippen molar-refractivity contribution in [2.75, 3.05) is 6.54 Å². The molecule has 1 rings (SSSR count). The number of carbonyl (C=O) groups excluding carboxylic acids is 1. The second kappa shape index (κ2) is 6.77. The second-order valence-electron chi connectivity index (χ2n) is 5.13. The van der Waals surface area contributed by atoms with E-state index in [9.17, 15) is 4.79 Å². The van der Waals surface area contributed by atoms with Gasteiger partial charge < -0.3 is 10.6 Å². The molecule has 3 nitrogen and oxygen atoms in total. The lowest BCUT2D eigenvalue weighted by atomic mass is 9.78. The highest BCUT2D eigenvalue weighted by molar-refractivity contribution is 5.74. The van der Waals surface area contributed by atoms with Gasteiger partial charge in [-0.3, -0.25) is 0 Å². The van der Waals surface area contributed by atoms with Gasteiger partial charge in [-0.15, -0.1) is 0 Å². The van der Waals surface area contributed by atoms with Gasteiger partial charge in [-0.1, -0.05) is 40.0 Å². The van der Waals surface area contributed by atoms with Crippen LogP contribution in [0.5, 0.6) is 0 Å². The smallest absolute Gasteiger partial charge is 0.315 e. The maximum atomic E-state index is 11.6. The highest BCUT2D eigenvalue weighted by atomic mass is 16.2. The number of hydrogen-bond donors (Lipinski definition) is 2. The van der Waals surface area contributed by atoms with Crippen molar-refractivity contribution in [1.82, 2.24) is 10.6 Å². The molecule has 0 heterocycles. The van der Waals surface area contributed by atoms with Crippen LogP contribution >= 0.6 is 0 Å². The average molecular weight is 226 g/mol. The SMILES string of the molecule is CCCCNC(=O)NC1CCCC(C)C1C. The Morgan fingerprint density at radius 3 is 2.75 bits per heavy atom. The van der Waals surface area contributed by atoms with E-state index in [4.69, 9.17) is 0 Å². The third kappa shape index (κ3) is 4.03. The average Bonchev–Trinajstić information content (AvgIpc) is 2.25. The largest absolute Gasteiger partial charge is 0.338 e. The normalized spacial score (nSPS) is 29.8. The van der Waals surface area contributed by atoms with Crippen LogP contribution in [0.15, 0.2) is 0 Å². The summed E-state index contributed by atoms with van der Waals surface area (Å²) in [5, 5.41) is 6.02. The molecule has 0 aromatic carbocycles. The number of amides is 2. The molecule has 1 fully saturated rings. The molecule has 2 amide bonds. The Labute approximate surface area is 99.4 Å². The Kier molecular flexibility index (Phi) is 5.64. The molecule has 1 aliphatic rings. The van der Waals surface area contributed by atoms with Crippen LogP contribution in [0.25, 0.3) is 0 Å². The molecule has 0 saturated heterocycles. The van der Waals surface area contributed by atoms with Gasteiger partial charge in [0.25, 0.3) is 0 Å². The molecule has 0 bridgehead atoms. The van der Waals surface area contributed by atoms with E-state index >= 15 is 0 Å². The zero-order valence-corrected chi connectivity index (χ0v) is 10.9. The number of hydrogen-bond acceptors (Lipinski definition) is 1. The third-order valence-electron chi connectivity index (χ3n) is 3.84. The van der Waals surface area contributed by atoms with Crippen LogP contribution in [0.2, 0.25) is 0 Å². The molecule has 3 heteroatoms. The summed E-state index contributed by atoms with van der Waals surface area (Å²) >= 11 is 0. The van der Waals surface area contributed by atoms with Crippen LogP contribution in [0.3, 0.4) is 0 Å². The molecule has 0 radical (unpaired) electrons. The molecule has 0 aliphatic heterocycles. The molecule has 0 aromatic heterocycles. The molecule has 3 unspecified atom stereocenters. The zero-order chi connectivity index (χ0) is 12.0. The van der Waals surface area contributed by atoms with E-state index < -0.39 is 0 Å². The fraction of sp³-hybridized carbons (Fsp3) is 0.923. The summed E-state index contributed by atoms with van der Waals surface area (Å²) in [5.74, 6) is 1.33. The van der Waals surface area contributed by atoms with Crippen molar-refractivity contribution >= 4 is 6.03 Å². The van der Waals surface area contributed by atoms with Crippen molar-refractivity contribution in [3.05, 3.63) is 0 Å². The summed E-state index contributed by atoms with van der Waals surface area (Å²) in [6, 6.07) is 0.379. The van der Waals surface area contributed by atoms with Crippen molar-refractivity contribution in [2.24, 2.45) is 11.8 Å². The number of unbranched alkanes of at least 4 members (excludes halogenated alkanes) is 1. The van der Waals surface area contributed by atoms with E-state index in [0.717, 1.165) is 31.7 Å². The Morgan fingerprint density at radius 1 is 1.31 bits per heavy atom. The van der Waals surface area contributed by atoms with E-state index in [2.05, 4.69) is 31.4 Å². The van der Waals surface area contributed by atoms with Crippen molar-refractivity contribution in [2.45, 2.75) is 58.9 Å². The fourth-order valence-electron chi connectivity index (χ4n) is 2.38. The van der Waals surface area contributed by atoms with Gasteiger partial charge in [0.1, 0.15) is 0 Å². The van der Waals surface area contributed by atoms with Crippen LogP contribution in [-0.2, 0) is 0 Å². The number of urea groups is 1. The fourth-order valence-corrected chi connectivity index (χ4v) is 2.38. The maximum Gasteiger partial charge on any atom is 0.315 e. The van der Waals surface area contributed by atoms with Crippen molar-refractivity contribution < 1.29 is 4.79 Å². The molecule has 3 atom stereocenters. The predicted molar refractivity (Wildman–Crippen MR) is 67.4 cm³/mol. The lowest BCUT2D eigenvalue weighted by Crippen LogP contribution is -2.48. The van der Waals surface area contributed by atoms with Crippen LogP contribution in [0.1, 0.15) is 52.9 Å². The van der Waals surface area contributed by atoms with E-state index in [1.165, 1.54) is 12.8 Å². The van der Waals surface area contributed by atoms with Gasteiger partial charge >= 0.3 is 6.03 Å². The third-order valence-corrected chi connectivity index (χ3v) is 3.84. The lowest BCUT2D eigenvalue weighted by Gasteiger charge is -2.34. The molecule has 0 aromatic rings. The van der Waals surface area contributed by atoms with E-state index in [1.807, 2.05) is 0 Å². The second-order valence-corrected chi connectivity index (χ2v) is 5.13. The van der Waals surface area contributed by atoms with Crippen LogP contribution in [0.4, 0.5) is 4.79 Å². The molecule has 1 aliphatic carbocycles. The minimum atomic E-state index is 0.0133. The predicted octanol–water partition coefficient (Wildman–Crippen LogP) is 2.91. The first kappa shape index (κ1) is 13.3. The summed E-state index contributed by atoms with van der Waals surface area (Å²) in [7, 11) is 0. The highest BCUT2D eigenvalue weighted by Gasteiger charge is 2.27. The van der Waals surface area contributed by atoms with Crippen LogP contribution in [0, 0.1) is 11.8 Å². The number of nitrogens with one attached hydrogen (secondary N) is 2. The zero-order valence-electron chi connectivity index (χ0n) is 10.9. The molecule has 2 N–H and O–H groups in total. The van der Waals surface area contributed by atoms with E-state index in [0.29, 0.717) is 12.0 Å². The highest BCUT2D eigenvalue weighted by Crippen LogP contribution is 2.29. The van der Waals surface area contributed by atoms with Gasteiger partial charge in [-0.05, 0) is 24.7 Å². The first-order chi connectivity index (χ1) is 7.65. The Hall–Kier alpha value is -0.730. The molecule has 16 heavy (non-hydrogen) atoms. The van der Waals surface area contributed by atoms with Crippen molar-refractivity contribution in [3.8, 4) is 0 Å². The lowest BCUT2D eigenvalue weighted by molar-refractivity contribution is 0.195. The summed E-state index contributed by atoms with van der Waals surface area (Å²) in [6.07, 6.45) is 5.86. The molecule has 94 valence electrons. The summed E-state index contributed by atoms with van der Waals surface area (Å²) < 4.78 is 0. The first-order valence-electron chi connectivity index (χ1n) is 6.69. The summed E-state index contributed by atoms with van der Waals surface area (Å²) in [5.41, 5.74) is 0. The van der Waals surface area contributed by atoms with Gasteiger partial charge in [0, 0.05) is 12.6 Å². The van der Waals surface area contributed by atoms with Gasteiger partial charge in [-0.25, -0.2) is 4.79 Å². The first-order valence-corrected chi connectivity index (χ1v) is 6.69. The summed E-state index contributed by atoms with van der Waals surface area (Å²) in [4.78, 5) is 11.6. The number of carbonyl (C=O) groups is 1. The minimum absolute atomic E-state index is 0.0133. The number of rotatable bonds is 4. The molecule has 1 saturated carbocycles. The van der Waals surface area contributed by atoms with Gasteiger partial charge in [0.2, 0.25) is 0 Å². The van der Waals surface area contributed by atoms with E-state index in [1.54, 1.807) is 0 Å². The Balaban J connectivity index is 2.26.